The van der Waals surface area contributed by atoms with Gasteiger partial charge in [0.25, 0.3) is 0 Å². The molecule has 2 nitrogen and oxygen atoms in total. The van der Waals surface area contributed by atoms with Crippen molar-refractivity contribution in [1.29, 1.82) is 0 Å². The second-order valence-corrected chi connectivity index (χ2v) is 5.12. The van der Waals surface area contributed by atoms with E-state index in [-0.39, 0.29) is 16.9 Å². The molecule has 0 amide bonds. The Morgan fingerprint density at radius 1 is 1.30 bits per heavy atom. The summed E-state index contributed by atoms with van der Waals surface area (Å²) in [6.45, 7) is 2.98. The number of benzene rings is 1. The van der Waals surface area contributed by atoms with E-state index in [0.29, 0.717) is 12.0 Å². The van der Waals surface area contributed by atoms with E-state index in [1.54, 1.807) is 24.4 Å². The zero-order valence-corrected chi connectivity index (χ0v) is 12.2. The van der Waals surface area contributed by atoms with Crippen LogP contribution in [0.5, 0.6) is 0 Å². The van der Waals surface area contributed by atoms with Gasteiger partial charge in [-0.3, -0.25) is 4.98 Å². The molecule has 4 heteroatoms. The van der Waals surface area contributed by atoms with Gasteiger partial charge in [-0.2, -0.15) is 0 Å². The first-order valence-electron chi connectivity index (χ1n) is 6.78. The Bertz CT molecular complexity index is 545. The van der Waals surface area contributed by atoms with Crippen molar-refractivity contribution in [2.75, 3.05) is 6.54 Å². The lowest BCUT2D eigenvalue weighted by Crippen LogP contribution is -2.24. The van der Waals surface area contributed by atoms with E-state index >= 15 is 0 Å². The maximum Gasteiger partial charge on any atom is 0.145 e. The molecule has 0 saturated heterocycles. The second-order valence-electron chi connectivity index (χ2n) is 4.71. The minimum absolute atomic E-state index is 0.0385. The van der Waals surface area contributed by atoms with Gasteiger partial charge in [0.2, 0.25) is 0 Å². The van der Waals surface area contributed by atoms with E-state index in [1.807, 2.05) is 18.3 Å². The Kier molecular flexibility index (Phi) is 5.50. The van der Waals surface area contributed by atoms with E-state index in [1.165, 1.54) is 0 Å². The van der Waals surface area contributed by atoms with Crippen LogP contribution in [0, 0.1) is 5.82 Å². The summed E-state index contributed by atoms with van der Waals surface area (Å²) in [5, 5.41) is 3.60. The molecule has 0 saturated carbocycles. The molecular weight excluding hydrogens is 275 g/mol. The largest absolute Gasteiger partial charge is 0.310 e. The first-order valence-corrected chi connectivity index (χ1v) is 7.16. The van der Waals surface area contributed by atoms with Gasteiger partial charge in [0.15, 0.2) is 0 Å². The molecule has 2 aromatic rings. The van der Waals surface area contributed by atoms with Crippen molar-refractivity contribution in [3.8, 4) is 0 Å². The Hall–Kier alpha value is -1.45. The predicted molar refractivity (Wildman–Crippen MR) is 80.4 cm³/mol. The minimum Gasteiger partial charge on any atom is -0.310 e. The normalized spacial score (nSPS) is 12.3. The number of hydrogen-bond acceptors (Lipinski definition) is 2. The topological polar surface area (TPSA) is 24.9 Å². The molecule has 0 spiro atoms. The molecule has 0 radical (unpaired) electrons. The Labute approximate surface area is 124 Å². The van der Waals surface area contributed by atoms with Crippen LogP contribution in [0.15, 0.2) is 42.7 Å². The SMILES string of the molecule is CCCNC(Cc1cccc(Cl)c1F)c1cccnc1. The predicted octanol–water partition coefficient (Wildman–Crippen LogP) is 4.16. The second kappa shape index (κ2) is 7.36. The zero-order valence-electron chi connectivity index (χ0n) is 11.4. The average molecular weight is 293 g/mol. The van der Waals surface area contributed by atoms with E-state index in [9.17, 15) is 4.39 Å². The summed E-state index contributed by atoms with van der Waals surface area (Å²) in [4.78, 5) is 4.14. The maximum absolute atomic E-state index is 14.0. The van der Waals surface area contributed by atoms with E-state index in [4.69, 9.17) is 11.6 Å². The first-order chi connectivity index (χ1) is 9.72. The number of nitrogens with one attached hydrogen (secondary N) is 1. The molecular formula is C16H18ClFN2. The van der Waals surface area contributed by atoms with Crippen LogP contribution in [0.4, 0.5) is 4.39 Å². The minimum atomic E-state index is -0.332. The van der Waals surface area contributed by atoms with Crippen molar-refractivity contribution in [3.05, 3.63) is 64.7 Å². The van der Waals surface area contributed by atoms with Gasteiger partial charge in [-0.25, -0.2) is 4.39 Å². The van der Waals surface area contributed by atoms with E-state index in [0.717, 1.165) is 18.5 Å². The van der Waals surface area contributed by atoms with Crippen LogP contribution in [0.2, 0.25) is 5.02 Å². The maximum atomic E-state index is 14.0. The molecule has 0 fully saturated rings. The van der Waals surface area contributed by atoms with E-state index < -0.39 is 0 Å². The van der Waals surface area contributed by atoms with Crippen LogP contribution in [-0.2, 0) is 6.42 Å². The summed E-state index contributed by atoms with van der Waals surface area (Å²) in [7, 11) is 0. The highest BCUT2D eigenvalue weighted by molar-refractivity contribution is 6.30. The molecule has 1 atom stereocenters. The third kappa shape index (κ3) is 3.78. The molecule has 1 N–H and O–H groups in total. The summed E-state index contributed by atoms with van der Waals surface area (Å²) in [6, 6.07) is 9.06. The molecule has 20 heavy (non-hydrogen) atoms. The van der Waals surface area contributed by atoms with E-state index in [2.05, 4.69) is 17.2 Å². The summed E-state index contributed by atoms with van der Waals surface area (Å²) in [5.41, 5.74) is 1.68. The Morgan fingerprint density at radius 3 is 2.85 bits per heavy atom. The molecule has 2 rings (SSSR count). The van der Waals surface area contributed by atoms with Gasteiger partial charge < -0.3 is 5.32 Å². The van der Waals surface area contributed by atoms with Crippen LogP contribution in [-0.4, -0.2) is 11.5 Å². The molecule has 1 heterocycles. The van der Waals surface area contributed by atoms with Gasteiger partial charge in [0.05, 0.1) is 5.02 Å². The fourth-order valence-corrected chi connectivity index (χ4v) is 2.33. The molecule has 0 aliphatic heterocycles. The number of halogens is 2. The van der Waals surface area contributed by atoms with Crippen LogP contribution in [0.1, 0.15) is 30.5 Å². The van der Waals surface area contributed by atoms with Crippen LogP contribution in [0.25, 0.3) is 0 Å². The van der Waals surface area contributed by atoms with Crippen LogP contribution in [0.3, 0.4) is 0 Å². The Balaban J connectivity index is 2.21. The number of aromatic nitrogens is 1. The lowest BCUT2D eigenvalue weighted by molar-refractivity contribution is 0.512. The molecule has 106 valence electrons. The summed E-state index contributed by atoms with van der Waals surface area (Å²) in [6.07, 6.45) is 5.13. The van der Waals surface area contributed by atoms with Crippen molar-refractivity contribution >= 4 is 11.6 Å². The van der Waals surface area contributed by atoms with Gasteiger partial charge in [0, 0.05) is 18.4 Å². The third-order valence-corrected chi connectivity index (χ3v) is 3.48. The quantitative estimate of drug-likeness (QED) is 0.865. The lowest BCUT2D eigenvalue weighted by Gasteiger charge is -2.19. The highest BCUT2D eigenvalue weighted by Gasteiger charge is 2.15. The van der Waals surface area contributed by atoms with Crippen molar-refractivity contribution < 1.29 is 4.39 Å². The fraction of sp³-hybridized carbons (Fsp3) is 0.312. The molecule has 0 aliphatic rings. The molecule has 1 unspecified atom stereocenters. The molecule has 1 aromatic carbocycles. The number of rotatable bonds is 6. The average Bonchev–Trinajstić information content (AvgIpc) is 2.48. The van der Waals surface area contributed by atoms with Crippen LogP contribution >= 0.6 is 11.6 Å². The summed E-state index contributed by atoms with van der Waals surface area (Å²) >= 11 is 5.84. The van der Waals surface area contributed by atoms with Gasteiger partial charge in [-0.05, 0) is 42.6 Å². The van der Waals surface area contributed by atoms with Crippen molar-refractivity contribution in [3.63, 3.8) is 0 Å². The van der Waals surface area contributed by atoms with Crippen molar-refractivity contribution in [2.24, 2.45) is 0 Å². The standard InChI is InChI=1S/C16H18ClFN2/c1-2-8-20-15(13-6-4-9-19-11-13)10-12-5-3-7-14(17)16(12)18/h3-7,9,11,15,20H,2,8,10H2,1H3. The zero-order chi connectivity index (χ0) is 14.4. The Morgan fingerprint density at radius 2 is 2.15 bits per heavy atom. The lowest BCUT2D eigenvalue weighted by atomic mass is 9.99. The number of hydrogen-bond donors (Lipinski definition) is 1. The third-order valence-electron chi connectivity index (χ3n) is 3.18. The van der Waals surface area contributed by atoms with Gasteiger partial charge in [-0.15, -0.1) is 0 Å². The highest BCUT2D eigenvalue weighted by atomic mass is 35.5. The van der Waals surface area contributed by atoms with Gasteiger partial charge >= 0.3 is 0 Å². The van der Waals surface area contributed by atoms with Gasteiger partial charge in [-0.1, -0.05) is 36.7 Å². The molecule has 0 bridgehead atoms. The van der Waals surface area contributed by atoms with Gasteiger partial charge in [0.1, 0.15) is 5.82 Å². The number of pyridine rings is 1. The highest BCUT2D eigenvalue weighted by Crippen LogP contribution is 2.23. The monoisotopic (exact) mass is 292 g/mol. The molecule has 1 aromatic heterocycles. The fourth-order valence-electron chi connectivity index (χ4n) is 2.13. The summed E-state index contributed by atoms with van der Waals surface area (Å²) in [5.74, 6) is -0.332. The van der Waals surface area contributed by atoms with Crippen molar-refractivity contribution in [1.82, 2.24) is 10.3 Å². The first kappa shape index (κ1) is 14.9. The smallest absolute Gasteiger partial charge is 0.145 e. The van der Waals surface area contributed by atoms with Crippen LogP contribution < -0.4 is 5.32 Å². The number of nitrogens with zero attached hydrogens (tertiary/aromatic N) is 1. The summed E-state index contributed by atoms with van der Waals surface area (Å²) < 4.78 is 14.0. The molecule has 0 aliphatic carbocycles. The van der Waals surface area contributed by atoms with Crippen molar-refractivity contribution in [2.45, 2.75) is 25.8 Å².